The number of carbonyl (C=O) groups is 1. The summed E-state index contributed by atoms with van der Waals surface area (Å²) in [4.78, 5) is 15.0. The first-order chi connectivity index (χ1) is 7.08. The van der Waals surface area contributed by atoms with Crippen LogP contribution in [0, 0.1) is 6.92 Å². The number of carboxylic acid groups (broad SMARTS) is 1. The Kier molecular flexibility index (Phi) is 2.23. The molecule has 0 radical (unpaired) electrons. The highest BCUT2D eigenvalue weighted by Gasteiger charge is 2.53. The van der Waals surface area contributed by atoms with E-state index in [4.69, 9.17) is 10.8 Å². The van der Waals surface area contributed by atoms with Gasteiger partial charge in [0.15, 0.2) is 0 Å². The van der Waals surface area contributed by atoms with Gasteiger partial charge in [-0.2, -0.15) is 0 Å². The Morgan fingerprint density at radius 2 is 2.33 bits per heavy atom. The second-order valence-corrected chi connectivity index (χ2v) is 4.16. The highest BCUT2D eigenvalue weighted by molar-refractivity contribution is 5.77. The van der Waals surface area contributed by atoms with Gasteiger partial charge in [-0.05, 0) is 37.0 Å². The summed E-state index contributed by atoms with van der Waals surface area (Å²) in [6.07, 6.45) is 5.13. The van der Waals surface area contributed by atoms with Gasteiger partial charge in [-0.3, -0.25) is 9.78 Å². The van der Waals surface area contributed by atoms with Crippen molar-refractivity contribution < 1.29 is 9.90 Å². The molecular formula is C11H14N2O2. The van der Waals surface area contributed by atoms with Crippen LogP contribution >= 0.6 is 0 Å². The van der Waals surface area contributed by atoms with Crippen molar-refractivity contribution in [1.29, 1.82) is 0 Å². The van der Waals surface area contributed by atoms with E-state index in [1.807, 2.05) is 13.0 Å². The van der Waals surface area contributed by atoms with Crippen molar-refractivity contribution in [1.82, 2.24) is 4.98 Å². The van der Waals surface area contributed by atoms with Crippen LogP contribution in [0.15, 0.2) is 18.5 Å². The molecule has 0 spiro atoms. The Labute approximate surface area is 88.1 Å². The molecule has 2 rings (SSSR count). The molecule has 1 unspecified atom stereocenters. The van der Waals surface area contributed by atoms with E-state index < -0.39 is 12.0 Å². The van der Waals surface area contributed by atoms with Crippen LogP contribution in [0.1, 0.15) is 24.0 Å². The summed E-state index contributed by atoms with van der Waals surface area (Å²) in [6.45, 7) is 1.96. The Morgan fingerprint density at radius 1 is 1.67 bits per heavy atom. The number of aliphatic carboxylic acids is 1. The quantitative estimate of drug-likeness (QED) is 0.768. The van der Waals surface area contributed by atoms with Crippen LogP contribution < -0.4 is 5.73 Å². The van der Waals surface area contributed by atoms with E-state index in [2.05, 4.69) is 4.98 Å². The van der Waals surface area contributed by atoms with E-state index in [9.17, 15) is 4.79 Å². The van der Waals surface area contributed by atoms with Gasteiger partial charge in [-0.25, -0.2) is 0 Å². The molecule has 1 heterocycles. The zero-order chi connectivity index (χ0) is 11.1. The van der Waals surface area contributed by atoms with E-state index in [-0.39, 0.29) is 5.41 Å². The fourth-order valence-corrected chi connectivity index (χ4v) is 2.10. The van der Waals surface area contributed by atoms with Gasteiger partial charge < -0.3 is 10.8 Å². The highest BCUT2D eigenvalue weighted by atomic mass is 16.4. The number of nitrogens with two attached hydrogens (primary N) is 1. The SMILES string of the molecule is Cc1ccncc1C1(C(N)C(=O)O)CC1. The fourth-order valence-electron chi connectivity index (χ4n) is 2.10. The third kappa shape index (κ3) is 1.51. The molecule has 1 aromatic rings. The predicted molar refractivity (Wildman–Crippen MR) is 55.5 cm³/mol. The van der Waals surface area contributed by atoms with Crippen LogP contribution in [-0.2, 0) is 10.2 Å². The van der Waals surface area contributed by atoms with Gasteiger partial charge >= 0.3 is 5.97 Å². The van der Waals surface area contributed by atoms with Crippen LogP contribution in [0.2, 0.25) is 0 Å². The second kappa shape index (κ2) is 3.31. The molecule has 4 nitrogen and oxygen atoms in total. The number of hydrogen-bond donors (Lipinski definition) is 2. The molecule has 0 aliphatic heterocycles. The Hall–Kier alpha value is -1.42. The first-order valence-electron chi connectivity index (χ1n) is 4.97. The van der Waals surface area contributed by atoms with Gasteiger partial charge in [0.25, 0.3) is 0 Å². The van der Waals surface area contributed by atoms with Crippen molar-refractivity contribution in [3.63, 3.8) is 0 Å². The maximum absolute atomic E-state index is 10.9. The number of aryl methyl sites for hydroxylation is 1. The number of hydrogen-bond acceptors (Lipinski definition) is 3. The number of aromatic nitrogens is 1. The van der Waals surface area contributed by atoms with E-state index in [1.165, 1.54) is 0 Å². The fraction of sp³-hybridized carbons (Fsp3) is 0.455. The van der Waals surface area contributed by atoms with Gasteiger partial charge in [0, 0.05) is 17.8 Å². The zero-order valence-corrected chi connectivity index (χ0v) is 8.60. The lowest BCUT2D eigenvalue weighted by atomic mass is 9.87. The van der Waals surface area contributed by atoms with Crippen molar-refractivity contribution in [3.05, 3.63) is 29.6 Å². The first-order valence-corrected chi connectivity index (χ1v) is 4.97. The maximum Gasteiger partial charge on any atom is 0.321 e. The van der Waals surface area contributed by atoms with Gasteiger partial charge in [0.05, 0.1) is 0 Å². The smallest absolute Gasteiger partial charge is 0.321 e. The lowest BCUT2D eigenvalue weighted by Crippen LogP contribution is -2.42. The molecular weight excluding hydrogens is 192 g/mol. The molecule has 3 N–H and O–H groups in total. The molecule has 0 amide bonds. The van der Waals surface area contributed by atoms with Gasteiger partial charge in [0.2, 0.25) is 0 Å². The largest absolute Gasteiger partial charge is 0.480 e. The summed E-state index contributed by atoms with van der Waals surface area (Å²) in [6, 6.07) is 1.07. The van der Waals surface area contributed by atoms with E-state index in [0.29, 0.717) is 0 Å². The predicted octanol–water partition coefficient (Wildman–Crippen LogP) is 0.834. The maximum atomic E-state index is 10.9. The van der Waals surface area contributed by atoms with E-state index in [1.54, 1.807) is 12.4 Å². The molecule has 4 heteroatoms. The van der Waals surface area contributed by atoms with Crippen LogP contribution in [0.3, 0.4) is 0 Å². The van der Waals surface area contributed by atoms with Crippen LogP contribution in [0.25, 0.3) is 0 Å². The molecule has 0 aromatic carbocycles. The van der Waals surface area contributed by atoms with Crippen molar-refractivity contribution in [2.24, 2.45) is 5.73 Å². The van der Waals surface area contributed by atoms with Crippen molar-refractivity contribution in [3.8, 4) is 0 Å². The Balaban J connectivity index is 2.39. The summed E-state index contributed by atoms with van der Waals surface area (Å²) < 4.78 is 0. The van der Waals surface area contributed by atoms with Gasteiger partial charge in [-0.15, -0.1) is 0 Å². The summed E-state index contributed by atoms with van der Waals surface area (Å²) in [5.41, 5.74) is 7.41. The number of pyridine rings is 1. The molecule has 0 bridgehead atoms. The lowest BCUT2D eigenvalue weighted by Gasteiger charge is -2.21. The lowest BCUT2D eigenvalue weighted by molar-refractivity contribution is -0.139. The molecule has 1 aliphatic carbocycles. The van der Waals surface area contributed by atoms with Crippen LogP contribution in [-0.4, -0.2) is 22.1 Å². The molecule has 0 saturated heterocycles. The number of carboxylic acids is 1. The minimum atomic E-state index is -0.934. The molecule has 1 fully saturated rings. The second-order valence-electron chi connectivity index (χ2n) is 4.16. The van der Waals surface area contributed by atoms with Crippen LogP contribution in [0.4, 0.5) is 0 Å². The third-order valence-electron chi connectivity index (χ3n) is 3.23. The molecule has 1 atom stereocenters. The third-order valence-corrected chi connectivity index (χ3v) is 3.23. The Morgan fingerprint density at radius 3 is 2.80 bits per heavy atom. The standard InChI is InChI=1S/C11H14N2O2/c1-7-2-5-13-6-8(7)11(3-4-11)9(12)10(14)15/h2,5-6,9H,3-4,12H2,1H3,(H,14,15). The Bertz CT molecular complexity index is 399. The molecule has 1 saturated carbocycles. The minimum Gasteiger partial charge on any atom is -0.480 e. The monoisotopic (exact) mass is 206 g/mol. The topological polar surface area (TPSA) is 76.2 Å². The normalized spacial score (nSPS) is 19.6. The average molecular weight is 206 g/mol. The summed E-state index contributed by atoms with van der Waals surface area (Å²) >= 11 is 0. The van der Waals surface area contributed by atoms with Crippen molar-refractivity contribution in [2.75, 3.05) is 0 Å². The minimum absolute atomic E-state index is 0.371. The average Bonchev–Trinajstić information content (AvgIpc) is 2.98. The van der Waals surface area contributed by atoms with Crippen LogP contribution in [0.5, 0.6) is 0 Å². The molecule has 1 aliphatic rings. The number of nitrogens with zero attached hydrogens (tertiary/aromatic N) is 1. The van der Waals surface area contributed by atoms with Gasteiger partial charge in [0.1, 0.15) is 6.04 Å². The first kappa shape index (κ1) is 10.1. The highest BCUT2D eigenvalue weighted by Crippen LogP contribution is 2.51. The summed E-state index contributed by atoms with van der Waals surface area (Å²) in [7, 11) is 0. The molecule has 80 valence electrons. The van der Waals surface area contributed by atoms with Crippen molar-refractivity contribution >= 4 is 5.97 Å². The zero-order valence-electron chi connectivity index (χ0n) is 8.60. The van der Waals surface area contributed by atoms with Gasteiger partial charge in [-0.1, -0.05) is 0 Å². The van der Waals surface area contributed by atoms with Crippen molar-refractivity contribution in [2.45, 2.75) is 31.2 Å². The summed E-state index contributed by atoms with van der Waals surface area (Å²) in [5, 5.41) is 8.96. The van der Waals surface area contributed by atoms with E-state index in [0.717, 1.165) is 24.0 Å². The molecule has 1 aromatic heterocycles. The number of rotatable bonds is 3. The summed E-state index contributed by atoms with van der Waals surface area (Å²) in [5.74, 6) is -0.934. The van der Waals surface area contributed by atoms with E-state index >= 15 is 0 Å². The molecule has 15 heavy (non-hydrogen) atoms.